The summed E-state index contributed by atoms with van der Waals surface area (Å²) in [6.07, 6.45) is 0. The summed E-state index contributed by atoms with van der Waals surface area (Å²) in [6, 6.07) is 2.90. The fraction of sp³-hybridized carbons (Fsp3) is 0.100. The summed E-state index contributed by atoms with van der Waals surface area (Å²) in [7, 11) is 0. The van der Waals surface area contributed by atoms with Crippen molar-refractivity contribution in [1.29, 1.82) is 0 Å². The average Bonchev–Trinajstić information content (AvgIpc) is 2.71. The van der Waals surface area contributed by atoms with Crippen molar-refractivity contribution >= 4 is 51.3 Å². The van der Waals surface area contributed by atoms with Crippen LogP contribution in [0.1, 0.15) is 15.4 Å². The molecular formula is C10H8Cl2N4OS. The smallest absolute Gasteiger partial charge is 0.257 e. The summed E-state index contributed by atoms with van der Waals surface area (Å²) in [6.45, 7) is 1.80. The van der Waals surface area contributed by atoms with Gasteiger partial charge in [-0.2, -0.15) is 0 Å². The van der Waals surface area contributed by atoms with Gasteiger partial charge in [0.05, 0.1) is 15.7 Å². The Kier molecular flexibility index (Phi) is 3.70. The number of rotatable bonds is 2. The van der Waals surface area contributed by atoms with E-state index in [0.29, 0.717) is 10.7 Å². The third kappa shape index (κ3) is 2.72. The van der Waals surface area contributed by atoms with Crippen molar-refractivity contribution in [3.8, 4) is 0 Å². The lowest BCUT2D eigenvalue weighted by Crippen LogP contribution is -2.12. The Bertz CT molecular complexity index is 591. The molecule has 0 unspecified atom stereocenters. The number of nitrogen functional groups attached to an aromatic ring is 1. The van der Waals surface area contributed by atoms with Gasteiger partial charge in [0.15, 0.2) is 0 Å². The maximum atomic E-state index is 11.9. The average molecular weight is 303 g/mol. The van der Waals surface area contributed by atoms with Crippen molar-refractivity contribution in [3.05, 3.63) is 32.7 Å². The molecule has 1 aromatic heterocycles. The number of nitrogens with zero attached hydrogens (tertiary/aromatic N) is 2. The van der Waals surface area contributed by atoms with Crippen LogP contribution in [0.25, 0.3) is 0 Å². The Morgan fingerprint density at radius 2 is 1.94 bits per heavy atom. The molecule has 1 heterocycles. The van der Waals surface area contributed by atoms with Crippen LogP contribution < -0.4 is 11.1 Å². The lowest BCUT2D eigenvalue weighted by atomic mass is 10.2. The molecule has 0 spiro atoms. The second-order valence-corrected chi connectivity index (χ2v) is 5.43. The van der Waals surface area contributed by atoms with E-state index in [4.69, 9.17) is 28.9 Å². The van der Waals surface area contributed by atoms with Gasteiger partial charge in [0.2, 0.25) is 5.13 Å². The summed E-state index contributed by atoms with van der Waals surface area (Å²) < 4.78 is 0. The van der Waals surface area contributed by atoms with E-state index < -0.39 is 0 Å². The summed E-state index contributed by atoms with van der Waals surface area (Å²) in [5.74, 6) is -0.366. The Morgan fingerprint density at radius 1 is 1.33 bits per heavy atom. The topological polar surface area (TPSA) is 80.9 Å². The normalized spacial score (nSPS) is 10.4. The SMILES string of the molecule is Cc1nnc(NC(=O)c2cc(Cl)c(N)c(Cl)c2)s1. The standard InChI is InChI=1S/C10H8Cl2N4OS/c1-4-15-16-10(18-4)14-9(17)5-2-6(11)8(13)7(12)3-5/h2-3H,13H2,1H3,(H,14,16,17). The zero-order valence-electron chi connectivity index (χ0n) is 9.20. The highest BCUT2D eigenvalue weighted by Gasteiger charge is 2.13. The third-order valence-electron chi connectivity index (χ3n) is 2.09. The third-order valence-corrected chi connectivity index (χ3v) is 3.47. The van der Waals surface area contributed by atoms with Crippen LogP contribution >= 0.6 is 34.5 Å². The number of aromatic nitrogens is 2. The highest BCUT2D eigenvalue weighted by atomic mass is 35.5. The minimum absolute atomic E-state index is 0.237. The van der Waals surface area contributed by atoms with Crippen molar-refractivity contribution < 1.29 is 4.79 Å². The van der Waals surface area contributed by atoms with Crippen LogP contribution in [0, 0.1) is 6.92 Å². The van der Waals surface area contributed by atoms with Gasteiger partial charge in [0.1, 0.15) is 5.01 Å². The maximum Gasteiger partial charge on any atom is 0.257 e. The summed E-state index contributed by atoms with van der Waals surface area (Å²) in [5.41, 5.74) is 6.15. The Balaban J connectivity index is 2.24. The van der Waals surface area contributed by atoms with Crippen molar-refractivity contribution in [1.82, 2.24) is 10.2 Å². The number of carbonyl (C=O) groups is 1. The minimum Gasteiger partial charge on any atom is -0.396 e. The van der Waals surface area contributed by atoms with Crippen molar-refractivity contribution in [2.24, 2.45) is 0 Å². The predicted octanol–water partition coefficient (Wildman–Crippen LogP) is 2.99. The molecule has 3 N–H and O–H groups in total. The van der Waals surface area contributed by atoms with Gasteiger partial charge in [-0.05, 0) is 19.1 Å². The fourth-order valence-electron chi connectivity index (χ4n) is 1.23. The van der Waals surface area contributed by atoms with Crippen LogP contribution in [0.4, 0.5) is 10.8 Å². The molecule has 0 aliphatic heterocycles. The predicted molar refractivity (Wildman–Crippen MR) is 73.5 cm³/mol. The van der Waals surface area contributed by atoms with Crippen LogP contribution in [0.3, 0.4) is 0 Å². The van der Waals surface area contributed by atoms with Gasteiger partial charge in [-0.3, -0.25) is 10.1 Å². The molecule has 5 nitrogen and oxygen atoms in total. The number of benzene rings is 1. The van der Waals surface area contributed by atoms with Crippen LogP contribution in [0.15, 0.2) is 12.1 Å². The van der Waals surface area contributed by atoms with Gasteiger partial charge in [-0.1, -0.05) is 34.5 Å². The largest absolute Gasteiger partial charge is 0.396 e. The molecule has 0 bridgehead atoms. The molecule has 0 saturated heterocycles. The van der Waals surface area contributed by atoms with Crippen molar-refractivity contribution in [3.63, 3.8) is 0 Å². The van der Waals surface area contributed by atoms with Gasteiger partial charge in [-0.15, -0.1) is 10.2 Å². The van der Waals surface area contributed by atoms with E-state index >= 15 is 0 Å². The lowest BCUT2D eigenvalue weighted by molar-refractivity contribution is 0.102. The highest BCUT2D eigenvalue weighted by molar-refractivity contribution is 7.15. The highest BCUT2D eigenvalue weighted by Crippen LogP contribution is 2.29. The molecule has 8 heteroatoms. The van der Waals surface area contributed by atoms with Crippen LogP contribution in [0.5, 0.6) is 0 Å². The fourth-order valence-corrected chi connectivity index (χ4v) is 2.31. The van der Waals surface area contributed by atoms with E-state index in [-0.39, 0.29) is 21.6 Å². The quantitative estimate of drug-likeness (QED) is 0.836. The number of hydrogen-bond acceptors (Lipinski definition) is 5. The van der Waals surface area contributed by atoms with Crippen LogP contribution in [-0.4, -0.2) is 16.1 Å². The lowest BCUT2D eigenvalue weighted by Gasteiger charge is -2.05. The summed E-state index contributed by atoms with van der Waals surface area (Å²) in [4.78, 5) is 11.9. The van der Waals surface area contributed by atoms with Gasteiger partial charge in [0, 0.05) is 5.56 Å². The number of aryl methyl sites for hydroxylation is 1. The van der Waals surface area contributed by atoms with Crippen LogP contribution in [-0.2, 0) is 0 Å². The Hall–Kier alpha value is -1.37. The molecule has 0 aliphatic carbocycles. The first kappa shape index (κ1) is 13.1. The van der Waals surface area contributed by atoms with Gasteiger partial charge < -0.3 is 5.73 Å². The molecule has 0 atom stereocenters. The monoisotopic (exact) mass is 302 g/mol. The van der Waals surface area contributed by atoms with E-state index in [2.05, 4.69) is 15.5 Å². The molecule has 0 fully saturated rings. The molecule has 0 radical (unpaired) electrons. The molecule has 2 rings (SSSR count). The second kappa shape index (κ2) is 5.09. The molecule has 18 heavy (non-hydrogen) atoms. The van der Waals surface area contributed by atoms with Crippen molar-refractivity contribution in [2.45, 2.75) is 6.92 Å². The first-order valence-electron chi connectivity index (χ1n) is 4.83. The Morgan fingerprint density at radius 3 is 2.44 bits per heavy atom. The van der Waals surface area contributed by atoms with Gasteiger partial charge >= 0.3 is 0 Å². The number of carbonyl (C=O) groups excluding carboxylic acids is 1. The minimum atomic E-state index is -0.366. The van der Waals surface area contributed by atoms with Crippen LogP contribution in [0.2, 0.25) is 10.0 Å². The number of hydrogen-bond donors (Lipinski definition) is 2. The summed E-state index contributed by atoms with van der Waals surface area (Å²) >= 11 is 13.0. The van der Waals surface area contributed by atoms with E-state index in [1.54, 1.807) is 6.92 Å². The van der Waals surface area contributed by atoms with Crippen molar-refractivity contribution in [2.75, 3.05) is 11.1 Å². The number of anilines is 2. The van der Waals surface area contributed by atoms with E-state index in [9.17, 15) is 4.79 Å². The van der Waals surface area contributed by atoms with E-state index in [1.165, 1.54) is 23.5 Å². The molecule has 0 aliphatic rings. The number of nitrogens with two attached hydrogens (primary N) is 1. The first-order valence-corrected chi connectivity index (χ1v) is 6.40. The molecule has 1 aromatic carbocycles. The van der Waals surface area contributed by atoms with E-state index in [0.717, 1.165) is 5.01 Å². The molecule has 1 amide bonds. The second-order valence-electron chi connectivity index (χ2n) is 3.43. The first-order chi connectivity index (χ1) is 8.47. The molecule has 0 saturated carbocycles. The summed E-state index contributed by atoms with van der Waals surface area (Å²) in [5, 5.41) is 11.8. The molecule has 94 valence electrons. The van der Waals surface area contributed by atoms with E-state index in [1.807, 2.05) is 0 Å². The molecular weight excluding hydrogens is 295 g/mol. The zero-order chi connectivity index (χ0) is 13.3. The maximum absolute atomic E-state index is 11.9. The Labute approximate surface area is 117 Å². The molecule has 2 aromatic rings. The van der Waals surface area contributed by atoms with Gasteiger partial charge in [0.25, 0.3) is 5.91 Å². The number of halogens is 2. The zero-order valence-corrected chi connectivity index (χ0v) is 11.5. The number of amides is 1. The number of nitrogens with one attached hydrogen (secondary N) is 1. The van der Waals surface area contributed by atoms with Gasteiger partial charge in [-0.25, -0.2) is 0 Å².